The highest BCUT2D eigenvalue weighted by molar-refractivity contribution is 6.05. The number of hydrogen-bond donors (Lipinski definition) is 1. The van der Waals surface area contributed by atoms with Crippen LogP contribution < -0.4 is 10.6 Å². The topological polar surface area (TPSA) is 64.2 Å². The maximum atomic E-state index is 12.6. The van der Waals surface area contributed by atoms with Crippen LogP contribution in [0.25, 0.3) is 0 Å². The second-order valence-electron chi connectivity index (χ2n) is 4.81. The summed E-state index contributed by atoms with van der Waals surface area (Å²) in [7, 11) is 1.85. The maximum Gasteiger partial charge on any atom is 0.278 e. The molecule has 2 aromatic rings. The summed E-state index contributed by atoms with van der Waals surface area (Å²) in [6, 6.07) is 7.85. The van der Waals surface area contributed by atoms with E-state index in [0.717, 1.165) is 17.7 Å². The van der Waals surface area contributed by atoms with E-state index in [1.165, 1.54) is 0 Å². The van der Waals surface area contributed by atoms with Gasteiger partial charge < -0.3 is 15.2 Å². The van der Waals surface area contributed by atoms with Crippen molar-refractivity contribution in [3.05, 3.63) is 48.0 Å². The van der Waals surface area contributed by atoms with Crippen LogP contribution in [0.4, 0.5) is 5.69 Å². The fourth-order valence-electron chi connectivity index (χ4n) is 2.11. The van der Waals surface area contributed by atoms with E-state index in [-0.39, 0.29) is 5.91 Å². The Bertz CT molecular complexity index is 591. The van der Waals surface area contributed by atoms with E-state index in [1.54, 1.807) is 22.0 Å². The molecule has 1 aromatic heterocycles. The van der Waals surface area contributed by atoms with Gasteiger partial charge in [-0.25, -0.2) is 4.98 Å². The Balaban J connectivity index is 2.32. The number of imidazole rings is 1. The molecule has 0 bridgehead atoms. The zero-order valence-electron chi connectivity index (χ0n) is 11.9. The maximum absolute atomic E-state index is 12.6. The minimum absolute atomic E-state index is 0.0895. The smallest absolute Gasteiger partial charge is 0.278 e. The zero-order chi connectivity index (χ0) is 14.5. The molecule has 5 nitrogen and oxygen atoms in total. The molecule has 0 saturated heterocycles. The lowest BCUT2D eigenvalue weighted by Gasteiger charge is -2.23. The Kier molecular flexibility index (Phi) is 4.53. The van der Waals surface area contributed by atoms with Crippen molar-refractivity contribution < 1.29 is 4.79 Å². The number of carbonyl (C=O) groups is 1. The lowest BCUT2D eigenvalue weighted by atomic mass is 10.1. The molecule has 0 fully saturated rings. The number of amides is 1. The van der Waals surface area contributed by atoms with Crippen molar-refractivity contribution in [3.63, 3.8) is 0 Å². The third kappa shape index (κ3) is 3.05. The van der Waals surface area contributed by atoms with Crippen LogP contribution in [0, 0.1) is 6.92 Å². The van der Waals surface area contributed by atoms with Crippen molar-refractivity contribution in [3.8, 4) is 0 Å². The van der Waals surface area contributed by atoms with E-state index in [9.17, 15) is 4.79 Å². The van der Waals surface area contributed by atoms with Gasteiger partial charge in [0.2, 0.25) is 0 Å². The second-order valence-corrected chi connectivity index (χ2v) is 4.81. The summed E-state index contributed by atoms with van der Waals surface area (Å²) < 4.78 is 1.77. The van der Waals surface area contributed by atoms with Gasteiger partial charge in [-0.3, -0.25) is 4.79 Å². The Labute approximate surface area is 119 Å². The lowest BCUT2D eigenvalue weighted by molar-refractivity contribution is 0.0982. The molecule has 0 unspecified atom stereocenters. The van der Waals surface area contributed by atoms with Crippen molar-refractivity contribution in [1.82, 2.24) is 9.55 Å². The normalized spacial score (nSPS) is 10.6. The SMILES string of the molecule is Cc1ccccc1N(CCCN)C(=O)c1cn(C)cn1. The predicted molar refractivity (Wildman–Crippen MR) is 79.7 cm³/mol. The highest BCUT2D eigenvalue weighted by Crippen LogP contribution is 2.21. The monoisotopic (exact) mass is 272 g/mol. The average molecular weight is 272 g/mol. The Morgan fingerprint density at radius 3 is 2.75 bits per heavy atom. The first kappa shape index (κ1) is 14.3. The van der Waals surface area contributed by atoms with E-state index in [4.69, 9.17) is 5.73 Å². The number of hydrogen-bond acceptors (Lipinski definition) is 3. The quantitative estimate of drug-likeness (QED) is 0.901. The van der Waals surface area contributed by atoms with Crippen molar-refractivity contribution in [2.45, 2.75) is 13.3 Å². The number of anilines is 1. The van der Waals surface area contributed by atoms with Gasteiger partial charge in [0.25, 0.3) is 5.91 Å². The molecular formula is C15H20N4O. The molecule has 0 atom stereocenters. The molecule has 0 spiro atoms. The Hall–Kier alpha value is -2.14. The Morgan fingerprint density at radius 2 is 2.15 bits per heavy atom. The third-order valence-corrected chi connectivity index (χ3v) is 3.16. The van der Waals surface area contributed by atoms with Gasteiger partial charge >= 0.3 is 0 Å². The second kappa shape index (κ2) is 6.34. The van der Waals surface area contributed by atoms with E-state index in [2.05, 4.69) is 4.98 Å². The third-order valence-electron chi connectivity index (χ3n) is 3.16. The molecule has 1 aromatic carbocycles. The van der Waals surface area contributed by atoms with Crippen molar-refractivity contribution in [2.24, 2.45) is 12.8 Å². The van der Waals surface area contributed by atoms with Gasteiger partial charge in [0, 0.05) is 25.5 Å². The molecule has 0 aliphatic heterocycles. The van der Waals surface area contributed by atoms with E-state index < -0.39 is 0 Å². The summed E-state index contributed by atoms with van der Waals surface area (Å²) >= 11 is 0. The highest BCUT2D eigenvalue weighted by atomic mass is 16.2. The number of nitrogens with two attached hydrogens (primary N) is 1. The van der Waals surface area contributed by atoms with Gasteiger partial charge in [0.1, 0.15) is 5.69 Å². The first-order valence-electron chi connectivity index (χ1n) is 6.69. The van der Waals surface area contributed by atoms with E-state index in [0.29, 0.717) is 18.8 Å². The largest absolute Gasteiger partial charge is 0.340 e. The molecule has 106 valence electrons. The van der Waals surface area contributed by atoms with Gasteiger partial charge in [0.15, 0.2) is 0 Å². The first-order chi connectivity index (χ1) is 9.63. The fraction of sp³-hybridized carbons (Fsp3) is 0.333. The van der Waals surface area contributed by atoms with Crippen molar-refractivity contribution >= 4 is 11.6 Å². The number of aryl methyl sites for hydroxylation is 2. The average Bonchev–Trinajstić information content (AvgIpc) is 2.87. The van der Waals surface area contributed by atoms with Gasteiger partial charge in [-0.1, -0.05) is 18.2 Å². The summed E-state index contributed by atoms with van der Waals surface area (Å²) in [4.78, 5) is 18.5. The lowest BCUT2D eigenvalue weighted by Crippen LogP contribution is -2.33. The van der Waals surface area contributed by atoms with E-state index >= 15 is 0 Å². The number of aromatic nitrogens is 2. The summed E-state index contributed by atoms with van der Waals surface area (Å²) in [5.74, 6) is -0.0895. The van der Waals surface area contributed by atoms with Gasteiger partial charge in [0.05, 0.1) is 6.33 Å². The number of para-hydroxylation sites is 1. The molecule has 5 heteroatoms. The molecule has 1 heterocycles. The molecular weight excluding hydrogens is 252 g/mol. The molecule has 2 N–H and O–H groups in total. The molecule has 0 radical (unpaired) electrons. The van der Waals surface area contributed by atoms with Crippen LogP contribution in [-0.2, 0) is 7.05 Å². The Morgan fingerprint density at radius 1 is 1.40 bits per heavy atom. The summed E-state index contributed by atoms with van der Waals surface area (Å²) in [6.07, 6.45) is 4.12. The van der Waals surface area contributed by atoms with Gasteiger partial charge in [-0.05, 0) is 31.5 Å². The van der Waals surface area contributed by atoms with E-state index in [1.807, 2.05) is 38.2 Å². The minimum Gasteiger partial charge on any atom is -0.340 e. The summed E-state index contributed by atoms with van der Waals surface area (Å²) in [6.45, 7) is 3.14. The minimum atomic E-state index is -0.0895. The number of rotatable bonds is 5. The number of nitrogens with zero attached hydrogens (tertiary/aromatic N) is 3. The number of benzene rings is 1. The van der Waals surface area contributed by atoms with Crippen LogP contribution in [0.15, 0.2) is 36.8 Å². The molecule has 0 aliphatic rings. The highest BCUT2D eigenvalue weighted by Gasteiger charge is 2.20. The number of carbonyl (C=O) groups excluding carboxylic acids is 1. The molecule has 1 amide bonds. The first-order valence-corrected chi connectivity index (χ1v) is 6.69. The van der Waals surface area contributed by atoms with Crippen molar-refractivity contribution in [2.75, 3.05) is 18.0 Å². The molecule has 20 heavy (non-hydrogen) atoms. The van der Waals surface area contributed by atoms with Crippen LogP contribution in [-0.4, -0.2) is 28.5 Å². The van der Waals surface area contributed by atoms with Crippen molar-refractivity contribution in [1.29, 1.82) is 0 Å². The van der Waals surface area contributed by atoms with Crippen LogP contribution >= 0.6 is 0 Å². The van der Waals surface area contributed by atoms with Gasteiger partial charge in [-0.2, -0.15) is 0 Å². The van der Waals surface area contributed by atoms with Crippen LogP contribution in [0.3, 0.4) is 0 Å². The summed E-state index contributed by atoms with van der Waals surface area (Å²) in [5.41, 5.74) is 8.01. The molecule has 0 aliphatic carbocycles. The fourth-order valence-corrected chi connectivity index (χ4v) is 2.11. The predicted octanol–water partition coefficient (Wildman–Crippen LogP) is 1.72. The molecule has 2 rings (SSSR count). The summed E-state index contributed by atoms with van der Waals surface area (Å²) in [5, 5.41) is 0. The van der Waals surface area contributed by atoms with Crippen LogP contribution in [0.1, 0.15) is 22.5 Å². The zero-order valence-corrected chi connectivity index (χ0v) is 11.9. The standard InChI is InChI=1S/C15H20N4O/c1-12-6-3-4-7-14(12)19(9-5-8-16)15(20)13-10-18(2)11-17-13/h3-4,6-7,10-11H,5,8-9,16H2,1-2H3. The van der Waals surface area contributed by atoms with Gasteiger partial charge in [-0.15, -0.1) is 0 Å². The van der Waals surface area contributed by atoms with Crippen LogP contribution in [0.2, 0.25) is 0 Å². The molecule has 0 saturated carbocycles. The van der Waals surface area contributed by atoms with Crippen LogP contribution in [0.5, 0.6) is 0 Å².